The maximum atomic E-state index is 16.5. The molecular weight excluding hydrogens is 930 g/mol. The highest BCUT2D eigenvalue weighted by Gasteiger charge is 2.50. The van der Waals surface area contributed by atoms with Gasteiger partial charge in [-0.05, 0) is 97.8 Å². The fourth-order valence-electron chi connectivity index (χ4n) is 11.1. The maximum Gasteiger partial charge on any atom is 0.329 e. The normalized spacial score (nSPS) is 20.1. The SMILES string of the molecule is C[C@H]1c2c(cc(F)c(Cl)c2-c2c(C(N)=O)ccc(OCCO)c2F)O[C@]1(CNC1CCN(Cc2ccc(N3CCC(c4ccc5c(N6CCC(=O)NC6=O)nn(C)c5c4)CC3)cc2)CC1)c1ccccc1. The molecule has 6 aromatic rings. The van der Waals surface area contributed by atoms with Crippen LogP contribution in [-0.4, -0.2) is 96.2 Å². The molecule has 2 atom stereocenters. The van der Waals surface area contributed by atoms with Crippen LogP contribution in [0.25, 0.3) is 22.0 Å². The Bertz CT molecular complexity index is 2990. The van der Waals surface area contributed by atoms with Crippen molar-refractivity contribution in [1.82, 2.24) is 25.3 Å². The highest BCUT2D eigenvalue weighted by atomic mass is 35.5. The summed E-state index contributed by atoms with van der Waals surface area (Å²) in [6.45, 7) is 6.52. The third-order valence-electron chi connectivity index (χ3n) is 15.0. The van der Waals surface area contributed by atoms with E-state index in [1.165, 1.54) is 35.0 Å². The van der Waals surface area contributed by atoms with Crippen molar-refractivity contribution in [3.05, 3.63) is 135 Å². The predicted molar refractivity (Wildman–Crippen MR) is 268 cm³/mol. The number of imide groups is 1. The molecule has 0 saturated carbocycles. The average molecular weight is 988 g/mol. The second-order valence-corrected chi connectivity index (χ2v) is 19.5. The number of amides is 4. The molecule has 5 heterocycles. The number of hydrogen-bond acceptors (Lipinski definition) is 10. The van der Waals surface area contributed by atoms with E-state index in [0.29, 0.717) is 30.4 Å². The number of urea groups is 1. The predicted octanol–water partition coefficient (Wildman–Crippen LogP) is 8.12. The Labute approximate surface area is 415 Å². The smallest absolute Gasteiger partial charge is 0.329 e. The van der Waals surface area contributed by atoms with Crippen LogP contribution in [-0.2, 0) is 24.0 Å². The zero-order valence-corrected chi connectivity index (χ0v) is 40.5. The molecule has 17 heteroatoms. The summed E-state index contributed by atoms with van der Waals surface area (Å²) in [6, 6.07) is 28.5. The van der Waals surface area contributed by atoms with Gasteiger partial charge >= 0.3 is 6.03 Å². The first-order valence-electron chi connectivity index (χ1n) is 24.3. The standard InChI is InChI=1S/C54H57ClF2N8O6/c1-32-46-44(29-41(56)49(55)48(46)47-40(51(58)68)14-15-43(50(47)57)70-27-26-66)71-54(32,36-6-4-3-5-7-36)31-59-37-18-21-63(22-19-37)30-33-8-11-38(12-9-33)64-23-16-34(17-24-64)35-10-13-39-42(28-35)62(2)61-52(39)65-25-20-45(67)60-53(65)69/h3-15,28-29,32,34,37,59,66H,16-27,30-31H2,1-2H3,(H2,58,68)(H,60,67,69)/t32-,54-/m0/s1. The quantitative estimate of drug-likeness (QED) is 0.0837. The van der Waals surface area contributed by atoms with E-state index in [-0.39, 0.29) is 64.8 Å². The van der Waals surface area contributed by atoms with Crippen LogP contribution in [0.15, 0.2) is 91.0 Å². The summed E-state index contributed by atoms with van der Waals surface area (Å²) in [6.07, 6.45) is 4.07. The lowest BCUT2D eigenvalue weighted by Gasteiger charge is -2.38. The van der Waals surface area contributed by atoms with Crippen LogP contribution in [0, 0.1) is 11.6 Å². The van der Waals surface area contributed by atoms with Gasteiger partial charge in [0.15, 0.2) is 23.0 Å². The van der Waals surface area contributed by atoms with Crippen molar-refractivity contribution in [1.29, 1.82) is 0 Å². The molecule has 0 unspecified atom stereocenters. The number of ether oxygens (including phenoxy) is 2. The van der Waals surface area contributed by atoms with Crippen molar-refractivity contribution < 1.29 is 37.7 Å². The molecule has 10 rings (SSSR count). The molecule has 71 heavy (non-hydrogen) atoms. The topological polar surface area (TPSA) is 168 Å². The first-order chi connectivity index (χ1) is 34.3. The monoisotopic (exact) mass is 986 g/mol. The second kappa shape index (κ2) is 19.9. The minimum Gasteiger partial charge on any atom is -0.488 e. The average Bonchev–Trinajstić information content (AvgIpc) is 3.86. The molecule has 0 spiro atoms. The van der Waals surface area contributed by atoms with Gasteiger partial charge in [0.2, 0.25) is 11.8 Å². The van der Waals surface area contributed by atoms with Gasteiger partial charge in [0, 0.05) is 92.0 Å². The number of aliphatic hydroxyl groups excluding tert-OH is 1. The number of rotatable bonds is 14. The summed E-state index contributed by atoms with van der Waals surface area (Å²) < 4.78 is 46.4. The first-order valence-corrected chi connectivity index (χ1v) is 24.7. The number of nitrogens with two attached hydrogens (primary N) is 1. The molecule has 4 amide bonds. The van der Waals surface area contributed by atoms with Gasteiger partial charge in [-0.15, -0.1) is 0 Å². The lowest BCUT2D eigenvalue weighted by atomic mass is 9.77. The third-order valence-corrected chi connectivity index (χ3v) is 15.3. The van der Waals surface area contributed by atoms with Crippen molar-refractivity contribution in [2.24, 2.45) is 12.8 Å². The van der Waals surface area contributed by atoms with E-state index in [4.69, 9.17) is 26.8 Å². The highest BCUT2D eigenvalue weighted by Crippen LogP contribution is 2.56. The number of carbonyl (C=O) groups excluding carboxylic acids is 3. The number of aryl methyl sites for hydroxylation is 1. The van der Waals surface area contributed by atoms with Gasteiger partial charge in [0.25, 0.3) is 0 Å². The number of nitrogens with one attached hydrogen (secondary N) is 2. The zero-order valence-electron chi connectivity index (χ0n) is 39.7. The van der Waals surface area contributed by atoms with E-state index in [1.54, 1.807) is 4.90 Å². The van der Waals surface area contributed by atoms with Crippen molar-refractivity contribution in [3.63, 3.8) is 0 Å². The van der Waals surface area contributed by atoms with Crippen molar-refractivity contribution in [2.75, 3.05) is 62.3 Å². The summed E-state index contributed by atoms with van der Waals surface area (Å²) in [7, 11) is 1.89. The number of aromatic nitrogens is 2. The number of primary amides is 1. The Morgan fingerprint density at radius 2 is 1.70 bits per heavy atom. The highest BCUT2D eigenvalue weighted by molar-refractivity contribution is 6.34. The van der Waals surface area contributed by atoms with Crippen LogP contribution < -0.4 is 35.6 Å². The Morgan fingerprint density at radius 1 is 0.958 bits per heavy atom. The van der Waals surface area contributed by atoms with E-state index in [0.717, 1.165) is 74.9 Å². The number of benzene rings is 5. The minimum atomic E-state index is -1.06. The van der Waals surface area contributed by atoms with E-state index in [9.17, 15) is 19.5 Å². The van der Waals surface area contributed by atoms with Crippen LogP contribution in [0.2, 0.25) is 5.02 Å². The molecule has 0 aliphatic carbocycles. The van der Waals surface area contributed by atoms with E-state index in [1.807, 2.05) is 49.0 Å². The van der Waals surface area contributed by atoms with Crippen molar-refractivity contribution >= 4 is 51.9 Å². The van der Waals surface area contributed by atoms with Crippen molar-refractivity contribution in [2.45, 2.75) is 69.1 Å². The minimum absolute atomic E-state index is 0.0294. The van der Waals surface area contributed by atoms with Crippen molar-refractivity contribution in [3.8, 4) is 22.6 Å². The molecule has 5 N–H and O–H groups in total. The molecule has 4 aliphatic rings. The fourth-order valence-corrected chi connectivity index (χ4v) is 11.3. The molecule has 0 bridgehead atoms. The molecule has 5 aromatic carbocycles. The number of aliphatic hydroxyl groups is 1. The molecule has 3 saturated heterocycles. The lowest BCUT2D eigenvalue weighted by Crippen LogP contribution is -2.50. The molecule has 1 aromatic heterocycles. The molecule has 370 valence electrons. The summed E-state index contributed by atoms with van der Waals surface area (Å²) >= 11 is 6.73. The number of halogens is 3. The summed E-state index contributed by atoms with van der Waals surface area (Å²) in [4.78, 5) is 43.5. The maximum absolute atomic E-state index is 16.5. The molecule has 3 fully saturated rings. The Kier molecular flexibility index (Phi) is 13.5. The van der Waals surface area contributed by atoms with Gasteiger partial charge in [0.05, 0.1) is 22.7 Å². The van der Waals surface area contributed by atoms with E-state index >= 15 is 8.78 Å². The largest absolute Gasteiger partial charge is 0.488 e. The van der Waals surface area contributed by atoms with Crippen LogP contribution in [0.4, 0.5) is 25.1 Å². The number of hydrogen-bond donors (Lipinski definition) is 4. The summed E-state index contributed by atoms with van der Waals surface area (Å²) in [5.74, 6) is -2.58. The second-order valence-electron chi connectivity index (χ2n) is 19.1. The Balaban J connectivity index is 0.769. The van der Waals surface area contributed by atoms with E-state index < -0.39 is 35.1 Å². The van der Waals surface area contributed by atoms with E-state index in [2.05, 4.69) is 68.0 Å². The Hall–Kier alpha value is -6.59. The Morgan fingerprint density at radius 3 is 2.41 bits per heavy atom. The number of fused-ring (bicyclic) bond motifs is 2. The number of likely N-dealkylation sites (tertiary alicyclic amines) is 1. The number of anilines is 2. The van der Waals surface area contributed by atoms with Gasteiger partial charge in [-0.25, -0.2) is 13.6 Å². The molecule has 0 radical (unpaired) electrons. The van der Waals surface area contributed by atoms with Gasteiger partial charge in [-0.1, -0.05) is 67.1 Å². The lowest BCUT2D eigenvalue weighted by molar-refractivity contribution is -0.120. The number of carbonyl (C=O) groups is 3. The van der Waals surface area contributed by atoms with Crippen LogP contribution in [0.1, 0.15) is 83.5 Å². The molecule has 4 aliphatic heterocycles. The fraction of sp³-hybridized carbons (Fsp3) is 0.370. The molecule has 14 nitrogen and oxygen atoms in total. The molecular formula is C54H57ClF2N8O6. The van der Waals surface area contributed by atoms with Crippen LogP contribution in [0.5, 0.6) is 11.5 Å². The summed E-state index contributed by atoms with van der Waals surface area (Å²) in [5, 5.41) is 20.7. The zero-order chi connectivity index (χ0) is 49.6. The van der Waals surface area contributed by atoms with Gasteiger partial charge < -0.3 is 30.5 Å². The van der Waals surface area contributed by atoms with Gasteiger partial charge in [-0.2, -0.15) is 5.10 Å². The number of piperidine rings is 2. The van der Waals surface area contributed by atoms with Crippen LogP contribution >= 0.6 is 11.6 Å². The van der Waals surface area contributed by atoms with Crippen LogP contribution in [0.3, 0.4) is 0 Å². The number of nitrogens with zero attached hydrogens (tertiary/aromatic N) is 5. The third kappa shape index (κ3) is 9.18. The first kappa shape index (κ1) is 48.1. The van der Waals surface area contributed by atoms with Gasteiger partial charge in [0.1, 0.15) is 18.2 Å². The summed E-state index contributed by atoms with van der Waals surface area (Å²) in [5.41, 5.74) is 10.2. The van der Waals surface area contributed by atoms with Gasteiger partial charge in [-0.3, -0.25) is 29.4 Å².